The molecule has 0 aliphatic rings. The van der Waals surface area contributed by atoms with E-state index in [-0.39, 0.29) is 0 Å². The number of aromatic hydroxyl groups is 1. The first-order valence-electron chi connectivity index (χ1n) is 6.18. The van der Waals surface area contributed by atoms with Gasteiger partial charge >= 0.3 is 0 Å². The SMILES string of the molecule is Cc1c(S)ccc(O)c1-c1cccc2ccccc12. The van der Waals surface area contributed by atoms with Gasteiger partial charge in [0.2, 0.25) is 0 Å². The average Bonchev–Trinajstić information content (AvgIpc) is 2.44. The number of thiol groups is 1. The summed E-state index contributed by atoms with van der Waals surface area (Å²) in [6.07, 6.45) is 0. The molecule has 3 rings (SSSR count). The fraction of sp³-hybridized carbons (Fsp3) is 0.0588. The Balaban J connectivity index is 2.40. The summed E-state index contributed by atoms with van der Waals surface area (Å²) in [7, 11) is 0. The van der Waals surface area contributed by atoms with Crippen molar-refractivity contribution in [1.82, 2.24) is 0 Å². The smallest absolute Gasteiger partial charge is 0.123 e. The summed E-state index contributed by atoms with van der Waals surface area (Å²) in [5.41, 5.74) is 2.91. The minimum Gasteiger partial charge on any atom is -0.507 e. The Bertz CT molecular complexity index is 757. The predicted octanol–water partition coefficient (Wildman–Crippen LogP) is 4.81. The van der Waals surface area contributed by atoms with Gasteiger partial charge in [-0.1, -0.05) is 42.5 Å². The van der Waals surface area contributed by atoms with Crippen LogP contribution in [0.3, 0.4) is 0 Å². The van der Waals surface area contributed by atoms with Crippen LogP contribution in [-0.4, -0.2) is 5.11 Å². The molecular weight excluding hydrogens is 252 g/mol. The number of benzene rings is 3. The van der Waals surface area contributed by atoms with Crippen molar-refractivity contribution in [3.63, 3.8) is 0 Å². The minimum absolute atomic E-state index is 0.298. The first kappa shape index (κ1) is 12.1. The zero-order chi connectivity index (χ0) is 13.4. The fourth-order valence-electron chi connectivity index (χ4n) is 2.47. The van der Waals surface area contributed by atoms with Crippen LogP contribution in [0.2, 0.25) is 0 Å². The third-order valence-electron chi connectivity index (χ3n) is 3.47. The fourth-order valence-corrected chi connectivity index (χ4v) is 2.66. The molecule has 0 atom stereocenters. The van der Waals surface area contributed by atoms with Crippen LogP contribution >= 0.6 is 12.6 Å². The highest BCUT2D eigenvalue weighted by molar-refractivity contribution is 7.80. The van der Waals surface area contributed by atoms with Crippen LogP contribution in [0.1, 0.15) is 5.56 Å². The summed E-state index contributed by atoms with van der Waals surface area (Å²) < 4.78 is 0. The van der Waals surface area contributed by atoms with Crippen molar-refractivity contribution in [1.29, 1.82) is 0 Å². The van der Waals surface area contributed by atoms with Crippen molar-refractivity contribution in [2.45, 2.75) is 11.8 Å². The second-order valence-electron chi connectivity index (χ2n) is 4.63. The lowest BCUT2D eigenvalue weighted by Crippen LogP contribution is -1.88. The number of phenols is 1. The molecule has 0 amide bonds. The molecule has 1 N–H and O–H groups in total. The lowest BCUT2D eigenvalue weighted by atomic mass is 9.94. The number of fused-ring (bicyclic) bond motifs is 1. The highest BCUT2D eigenvalue weighted by Crippen LogP contribution is 2.38. The maximum Gasteiger partial charge on any atom is 0.123 e. The van der Waals surface area contributed by atoms with E-state index >= 15 is 0 Å². The van der Waals surface area contributed by atoms with Crippen molar-refractivity contribution in [2.75, 3.05) is 0 Å². The molecule has 0 spiro atoms. The van der Waals surface area contributed by atoms with E-state index in [1.807, 2.05) is 37.3 Å². The van der Waals surface area contributed by atoms with E-state index in [2.05, 4.69) is 30.8 Å². The molecule has 0 unspecified atom stereocenters. The van der Waals surface area contributed by atoms with E-state index < -0.39 is 0 Å². The Labute approximate surface area is 117 Å². The van der Waals surface area contributed by atoms with Gasteiger partial charge in [-0.25, -0.2) is 0 Å². The summed E-state index contributed by atoms with van der Waals surface area (Å²) in [5, 5.41) is 12.5. The molecule has 0 radical (unpaired) electrons. The topological polar surface area (TPSA) is 20.2 Å². The quantitative estimate of drug-likeness (QED) is 0.606. The largest absolute Gasteiger partial charge is 0.507 e. The van der Waals surface area contributed by atoms with Crippen LogP contribution < -0.4 is 0 Å². The molecule has 2 heteroatoms. The van der Waals surface area contributed by atoms with E-state index in [9.17, 15) is 5.11 Å². The van der Waals surface area contributed by atoms with Crippen molar-refractivity contribution < 1.29 is 5.11 Å². The summed E-state index contributed by atoms with van der Waals surface area (Å²) in [4.78, 5) is 0.890. The van der Waals surface area contributed by atoms with E-state index in [1.165, 1.54) is 5.39 Å². The van der Waals surface area contributed by atoms with E-state index in [1.54, 1.807) is 6.07 Å². The van der Waals surface area contributed by atoms with Gasteiger partial charge in [0, 0.05) is 10.5 Å². The number of phenolic OH excluding ortho intramolecular Hbond substituents is 1. The normalized spacial score (nSPS) is 10.8. The Hall–Kier alpha value is -1.93. The van der Waals surface area contributed by atoms with Gasteiger partial charge < -0.3 is 5.11 Å². The molecule has 0 aliphatic carbocycles. The van der Waals surface area contributed by atoms with Crippen molar-refractivity contribution in [2.24, 2.45) is 0 Å². The monoisotopic (exact) mass is 266 g/mol. The van der Waals surface area contributed by atoms with E-state index in [0.717, 1.165) is 27.0 Å². The molecule has 3 aromatic rings. The molecule has 0 aliphatic heterocycles. The van der Waals surface area contributed by atoms with Crippen molar-refractivity contribution >= 4 is 23.4 Å². The Morgan fingerprint density at radius 1 is 0.895 bits per heavy atom. The molecule has 0 fully saturated rings. The average molecular weight is 266 g/mol. The van der Waals surface area contributed by atoms with Crippen LogP contribution in [0.5, 0.6) is 5.75 Å². The zero-order valence-electron chi connectivity index (χ0n) is 10.6. The van der Waals surface area contributed by atoms with Gasteiger partial charge in [-0.2, -0.15) is 0 Å². The molecular formula is C17H14OS. The summed E-state index contributed by atoms with van der Waals surface area (Å²) in [5.74, 6) is 0.298. The van der Waals surface area contributed by atoms with Crippen LogP contribution in [0.25, 0.3) is 21.9 Å². The van der Waals surface area contributed by atoms with Crippen LogP contribution in [0.15, 0.2) is 59.5 Å². The maximum atomic E-state index is 10.2. The molecule has 1 nitrogen and oxygen atoms in total. The van der Waals surface area contributed by atoms with Crippen molar-refractivity contribution in [3.05, 3.63) is 60.2 Å². The highest BCUT2D eigenvalue weighted by Gasteiger charge is 2.12. The second kappa shape index (κ2) is 4.63. The molecule has 0 aromatic heterocycles. The van der Waals surface area contributed by atoms with Gasteiger partial charge in [0.05, 0.1) is 0 Å². The zero-order valence-corrected chi connectivity index (χ0v) is 11.5. The van der Waals surface area contributed by atoms with Crippen LogP contribution in [-0.2, 0) is 0 Å². The summed E-state index contributed by atoms with van der Waals surface area (Å²) in [6, 6.07) is 17.9. The third-order valence-corrected chi connectivity index (χ3v) is 3.96. The third kappa shape index (κ3) is 1.98. The molecule has 3 aromatic carbocycles. The van der Waals surface area contributed by atoms with Crippen molar-refractivity contribution in [3.8, 4) is 16.9 Å². The lowest BCUT2D eigenvalue weighted by Gasteiger charge is -2.13. The lowest BCUT2D eigenvalue weighted by molar-refractivity contribution is 0.476. The van der Waals surface area contributed by atoms with Gasteiger partial charge in [-0.05, 0) is 41.0 Å². The first-order chi connectivity index (χ1) is 9.18. The molecule has 0 saturated heterocycles. The Kier molecular flexibility index (Phi) is 2.96. The van der Waals surface area contributed by atoms with E-state index in [0.29, 0.717) is 5.75 Å². The van der Waals surface area contributed by atoms with Gasteiger partial charge in [-0.3, -0.25) is 0 Å². The number of hydrogen-bond donors (Lipinski definition) is 2. The highest BCUT2D eigenvalue weighted by atomic mass is 32.1. The van der Waals surface area contributed by atoms with E-state index in [4.69, 9.17) is 0 Å². The molecule has 19 heavy (non-hydrogen) atoms. The van der Waals surface area contributed by atoms with Crippen LogP contribution in [0, 0.1) is 6.92 Å². The Morgan fingerprint density at radius 2 is 1.63 bits per heavy atom. The summed E-state index contributed by atoms with van der Waals surface area (Å²) in [6.45, 7) is 1.99. The standard InChI is InChI=1S/C17H14OS/c1-11-16(19)10-9-15(18)17(11)14-8-4-6-12-5-2-3-7-13(12)14/h2-10,18-19H,1H3. The maximum absolute atomic E-state index is 10.2. The first-order valence-corrected chi connectivity index (χ1v) is 6.63. The van der Waals surface area contributed by atoms with Gasteiger partial charge in [0.25, 0.3) is 0 Å². The predicted molar refractivity (Wildman–Crippen MR) is 83.0 cm³/mol. The molecule has 0 saturated carbocycles. The number of hydrogen-bond acceptors (Lipinski definition) is 2. The second-order valence-corrected chi connectivity index (χ2v) is 5.11. The Morgan fingerprint density at radius 3 is 2.47 bits per heavy atom. The summed E-state index contributed by atoms with van der Waals surface area (Å²) >= 11 is 4.45. The van der Waals surface area contributed by atoms with Gasteiger partial charge in [-0.15, -0.1) is 12.6 Å². The van der Waals surface area contributed by atoms with Gasteiger partial charge in [0.1, 0.15) is 5.75 Å². The van der Waals surface area contributed by atoms with Gasteiger partial charge in [0.15, 0.2) is 0 Å². The molecule has 0 bridgehead atoms. The minimum atomic E-state index is 0.298. The molecule has 0 heterocycles. The number of rotatable bonds is 1. The van der Waals surface area contributed by atoms with Crippen LogP contribution in [0.4, 0.5) is 0 Å². The molecule has 94 valence electrons.